The summed E-state index contributed by atoms with van der Waals surface area (Å²) in [5, 5.41) is 8.03. The number of likely N-dealkylation sites (tertiary alicyclic amines) is 1. The van der Waals surface area contributed by atoms with Crippen LogP contribution in [0.4, 0.5) is 0 Å². The second-order valence-corrected chi connectivity index (χ2v) is 4.49. The minimum Gasteiger partial charge on any atom is -0.425 e. The van der Waals surface area contributed by atoms with Gasteiger partial charge in [-0.25, -0.2) is 0 Å². The van der Waals surface area contributed by atoms with E-state index in [0.29, 0.717) is 5.89 Å². The van der Waals surface area contributed by atoms with Gasteiger partial charge >= 0.3 is 0 Å². The van der Waals surface area contributed by atoms with Crippen LogP contribution in [0.25, 0.3) is 0 Å². The lowest BCUT2D eigenvalue weighted by Crippen LogP contribution is -2.39. The van der Waals surface area contributed by atoms with Gasteiger partial charge in [0.05, 0.1) is 0 Å². The van der Waals surface area contributed by atoms with E-state index in [1.165, 1.54) is 0 Å². The average Bonchev–Trinajstić information content (AvgIpc) is 2.73. The molecule has 1 aromatic heterocycles. The first-order valence-electron chi connectivity index (χ1n) is 6.09. The Kier molecular flexibility index (Phi) is 4.47. The van der Waals surface area contributed by atoms with Crippen molar-refractivity contribution in [2.75, 3.05) is 20.1 Å². The van der Waals surface area contributed by atoms with E-state index in [9.17, 15) is 0 Å². The van der Waals surface area contributed by atoms with Gasteiger partial charge < -0.3 is 9.32 Å². The number of rotatable bonds is 1. The molecule has 2 rings (SSSR count). The molecule has 4 heteroatoms. The Bertz CT molecular complexity index is 314. The fourth-order valence-electron chi connectivity index (χ4n) is 1.87. The third-order valence-corrected chi connectivity index (χ3v) is 3.13. The molecule has 0 atom stereocenters. The summed E-state index contributed by atoms with van der Waals surface area (Å²) in [6.45, 7) is 10.3. The summed E-state index contributed by atoms with van der Waals surface area (Å²) in [7, 11) is 2.15. The molecule has 92 valence electrons. The fourth-order valence-corrected chi connectivity index (χ4v) is 1.87. The highest BCUT2D eigenvalue weighted by atomic mass is 16.4. The highest BCUT2D eigenvalue weighted by Crippen LogP contribution is 2.33. The Labute approximate surface area is 98.0 Å². The molecule has 0 amide bonds. The fraction of sp³-hybridized carbons (Fsp3) is 0.833. The highest BCUT2D eigenvalue weighted by Gasteiger charge is 2.35. The van der Waals surface area contributed by atoms with E-state index in [2.05, 4.69) is 29.1 Å². The van der Waals surface area contributed by atoms with Crippen molar-refractivity contribution in [3.63, 3.8) is 0 Å². The van der Waals surface area contributed by atoms with E-state index in [0.717, 1.165) is 31.8 Å². The Balaban J connectivity index is 0.000000606. The summed E-state index contributed by atoms with van der Waals surface area (Å²) in [4.78, 5) is 2.34. The zero-order valence-corrected chi connectivity index (χ0v) is 11.1. The van der Waals surface area contributed by atoms with Crippen molar-refractivity contribution < 1.29 is 4.42 Å². The van der Waals surface area contributed by atoms with E-state index in [1.807, 2.05) is 20.8 Å². The maximum atomic E-state index is 5.52. The van der Waals surface area contributed by atoms with Gasteiger partial charge in [0.15, 0.2) is 0 Å². The van der Waals surface area contributed by atoms with Crippen LogP contribution in [0.3, 0.4) is 0 Å². The third kappa shape index (κ3) is 2.82. The van der Waals surface area contributed by atoms with Crippen molar-refractivity contribution in [1.82, 2.24) is 15.1 Å². The van der Waals surface area contributed by atoms with Crippen molar-refractivity contribution in [2.45, 2.75) is 46.0 Å². The summed E-state index contributed by atoms with van der Waals surface area (Å²) in [6, 6.07) is 0. The van der Waals surface area contributed by atoms with Crippen LogP contribution in [0.2, 0.25) is 0 Å². The molecule has 0 radical (unpaired) electrons. The van der Waals surface area contributed by atoms with Crippen LogP contribution >= 0.6 is 0 Å². The highest BCUT2D eigenvalue weighted by molar-refractivity contribution is 5.03. The first-order valence-corrected chi connectivity index (χ1v) is 6.09. The van der Waals surface area contributed by atoms with Crippen LogP contribution in [0.15, 0.2) is 4.42 Å². The zero-order chi connectivity index (χ0) is 12.2. The van der Waals surface area contributed by atoms with Crippen LogP contribution in [-0.4, -0.2) is 35.2 Å². The van der Waals surface area contributed by atoms with Gasteiger partial charge in [-0.1, -0.05) is 20.8 Å². The van der Waals surface area contributed by atoms with Gasteiger partial charge in [0.1, 0.15) is 0 Å². The first kappa shape index (κ1) is 13.2. The molecule has 1 aromatic rings. The SMILES string of the molecule is CC.Cc1nnc(C2(C)CCN(C)CC2)o1. The Morgan fingerprint density at radius 1 is 1.19 bits per heavy atom. The molecule has 0 unspecified atom stereocenters. The van der Waals surface area contributed by atoms with E-state index in [1.54, 1.807) is 0 Å². The molecule has 0 aliphatic carbocycles. The number of aromatic nitrogens is 2. The molecule has 1 saturated heterocycles. The van der Waals surface area contributed by atoms with Crippen LogP contribution < -0.4 is 0 Å². The molecule has 0 saturated carbocycles. The normalized spacial score (nSPS) is 20.1. The lowest BCUT2D eigenvalue weighted by molar-refractivity contribution is 0.173. The lowest BCUT2D eigenvalue weighted by Gasteiger charge is -2.34. The summed E-state index contributed by atoms with van der Waals surface area (Å²) in [5.41, 5.74) is 0.0910. The first-order chi connectivity index (χ1) is 7.60. The van der Waals surface area contributed by atoms with E-state index in [4.69, 9.17) is 4.42 Å². The Morgan fingerprint density at radius 3 is 2.19 bits per heavy atom. The molecule has 1 fully saturated rings. The molecule has 0 spiro atoms. The third-order valence-electron chi connectivity index (χ3n) is 3.13. The largest absolute Gasteiger partial charge is 0.425 e. The predicted octanol–water partition coefficient (Wildman–Crippen LogP) is 2.39. The number of piperidine rings is 1. The quantitative estimate of drug-likeness (QED) is 0.736. The molecule has 0 aromatic carbocycles. The lowest BCUT2D eigenvalue weighted by atomic mass is 9.80. The molecule has 0 bridgehead atoms. The minimum absolute atomic E-state index is 0.0910. The van der Waals surface area contributed by atoms with Crippen LogP contribution in [-0.2, 0) is 5.41 Å². The second-order valence-electron chi connectivity index (χ2n) is 4.49. The van der Waals surface area contributed by atoms with Crippen LogP contribution in [0, 0.1) is 6.92 Å². The average molecular weight is 225 g/mol. The van der Waals surface area contributed by atoms with E-state index < -0.39 is 0 Å². The van der Waals surface area contributed by atoms with Crippen LogP contribution in [0.1, 0.15) is 45.4 Å². The number of hydrogen-bond acceptors (Lipinski definition) is 4. The van der Waals surface area contributed by atoms with E-state index >= 15 is 0 Å². The number of nitrogens with zero attached hydrogens (tertiary/aromatic N) is 3. The van der Waals surface area contributed by atoms with Gasteiger partial charge in [-0.05, 0) is 33.0 Å². The van der Waals surface area contributed by atoms with Gasteiger partial charge in [0.2, 0.25) is 11.8 Å². The maximum absolute atomic E-state index is 5.52. The Hall–Kier alpha value is -0.900. The van der Waals surface area contributed by atoms with Crippen molar-refractivity contribution in [2.24, 2.45) is 0 Å². The smallest absolute Gasteiger partial charge is 0.222 e. The standard InChI is InChI=1S/C10H17N3O.C2H6/c1-8-11-12-9(14-8)10(2)4-6-13(3)7-5-10;1-2/h4-7H2,1-3H3;1-2H3. The minimum atomic E-state index is 0.0910. The predicted molar refractivity (Wildman–Crippen MR) is 64.5 cm³/mol. The number of aryl methyl sites for hydroxylation is 1. The van der Waals surface area contributed by atoms with Crippen molar-refractivity contribution in [3.05, 3.63) is 11.8 Å². The van der Waals surface area contributed by atoms with Crippen LogP contribution in [0.5, 0.6) is 0 Å². The second kappa shape index (κ2) is 5.43. The summed E-state index contributed by atoms with van der Waals surface area (Å²) >= 11 is 0. The van der Waals surface area contributed by atoms with Crippen molar-refractivity contribution in [3.8, 4) is 0 Å². The number of hydrogen-bond donors (Lipinski definition) is 0. The molecule has 0 N–H and O–H groups in total. The molecular formula is C12H23N3O. The summed E-state index contributed by atoms with van der Waals surface area (Å²) < 4.78 is 5.52. The maximum Gasteiger partial charge on any atom is 0.222 e. The molecule has 4 nitrogen and oxygen atoms in total. The van der Waals surface area contributed by atoms with Gasteiger partial charge in [0, 0.05) is 12.3 Å². The summed E-state index contributed by atoms with van der Waals surface area (Å²) in [6.07, 6.45) is 2.20. The monoisotopic (exact) mass is 225 g/mol. The van der Waals surface area contributed by atoms with Crippen molar-refractivity contribution in [1.29, 1.82) is 0 Å². The van der Waals surface area contributed by atoms with Gasteiger partial charge in [-0.3, -0.25) is 0 Å². The molecule has 1 aliphatic heterocycles. The molecular weight excluding hydrogens is 202 g/mol. The van der Waals surface area contributed by atoms with Crippen molar-refractivity contribution >= 4 is 0 Å². The summed E-state index contributed by atoms with van der Waals surface area (Å²) in [5.74, 6) is 1.48. The Morgan fingerprint density at radius 2 is 1.75 bits per heavy atom. The zero-order valence-electron chi connectivity index (χ0n) is 11.1. The topological polar surface area (TPSA) is 42.2 Å². The van der Waals surface area contributed by atoms with Gasteiger partial charge in [-0.15, -0.1) is 10.2 Å². The molecule has 2 heterocycles. The van der Waals surface area contributed by atoms with Gasteiger partial charge in [0.25, 0.3) is 0 Å². The molecule has 1 aliphatic rings. The van der Waals surface area contributed by atoms with Gasteiger partial charge in [-0.2, -0.15) is 0 Å². The van der Waals surface area contributed by atoms with E-state index in [-0.39, 0.29) is 5.41 Å². The molecule has 16 heavy (non-hydrogen) atoms.